The van der Waals surface area contributed by atoms with Crippen molar-refractivity contribution in [2.75, 3.05) is 0 Å². The van der Waals surface area contributed by atoms with E-state index in [0.29, 0.717) is 5.56 Å². The van der Waals surface area contributed by atoms with Crippen LogP contribution in [0, 0.1) is 5.82 Å². The first-order valence-corrected chi connectivity index (χ1v) is 8.14. The lowest BCUT2D eigenvalue weighted by molar-refractivity contribution is 0.432. The number of nitrogens with zero attached hydrogens (tertiary/aromatic N) is 1. The number of pyridine rings is 1. The molecule has 22 heavy (non-hydrogen) atoms. The maximum atomic E-state index is 13.4. The summed E-state index contributed by atoms with van der Waals surface area (Å²) in [6.45, 7) is 2.23. The van der Waals surface area contributed by atoms with Crippen LogP contribution < -0.4 is 0 Å². The Kier molecular flexibility index (Phi) is 6.38. The quantitative estimate of drug-likeness (QED) is 0.653. The number of aromatic hydroxyl groups is 1. The highest BCUT2D eigenvalue weighted by atomic mass is 19.1. The molecule has 0 saturated carbocycles. The van der Waals surface area contributed by atoms with Gasteiger partial charge in [0.15, 0.2) is 11.6 Å². The second-order valence-electron chi connectivity index (χ2n) is 5.74. The fourth-order valence-electron chi connectivity index (χ4n) is 2.52. The minimum absolute atomic E-state index is 0.330. The minimum Gasteiger partial charge on any atom is -0.505 e. The van der Waals surface area contributed by atoms with Crippen molar-refractivity contribution in [3.05, 3.63) is 47.9 Å². The molecule has 0 fully saturated rings. The Morgan fingerprint density at radius 2 is 1.77 bits per heavy atom. The molecule has 0 unspecified atom stereocenters. The van der Waals surface area contributed by atoms with E-state index in [2.05, 4.69) is 18.0 Å². The molecule has 1 N–H and O–H groups in total. The zero-order chi connectivity index (χ0) is 15.8. The van der Waals surface area contributed by atoms with Crippen molar-refractivity contribution in [2.45, 2.75) is 51.9 Å². The molecule has 0 amide bonds. The molecule has 3 heteroatoms. The van der Waals surface area contributed by atoms with Crippen LogP contribution in [0.3, 0.4) is 0 Å². The summed E-state index contributed by atoms with van der Waals surface area (Å²) in [4.78, 5) is 4.40. The number of unbranched alkanes of at least 4 members (excludes halogenated alkanes) is 5. The molecule has 2 aromatic rings. The topological polar surface area (TPSA) is 33.1 Å². The third kappa shape index (κ3) is 4.83. The molecule has 0 aliphatic heterocycles. The summed E-state index contributed by atoms with van der Waals surface area (Å²) in [5.41, 5.74) is 2.63. The zero-order valence-electron chi connectivity index (χ0n) is 13.2. The van der Waals surface area contributed by atoms with Gasteiger partial charge in [0, 0.05) is 11.8 Å². The number of aromatic nitrogens is 1. The highest BCUT2D eigenvalue weighted by molar-refractivity contribution is 5.60. The molecule has 1 heterocycles. The molecule has 2 rings (SSSR count). The molecule has 1 aromatic carbocycles. The molecule has 1 aromatic heterocycles. The number of benzene rings is 1. The first-order valence-electron chi connectivity index (χ1n) is 8.14. The average Bonchev–Trinajstić information content (AvgIpc) is 2.54. The van der Waals surface area contributed by atoms with E-state index in [-0.39, 0.29) is 5.75 Å². The zero-order valence-corrected chi connectivity index (χ0v) is 13.2. The molecule has 0 radical (unpaired) electrons. The molecule has 0 bridgehead atoms. The second-order valence-corrected chi connectivity index (χ2v) is 5.74. The Hall–Kier alpha value is -1.90. The number of aryl methyl sites for hydroxylation is 1. The van der Waals surface area contributed by atoms with E-state index in [0.717, 1.165) is 12.1 Å². The van der Waals surface area contributed by atoms with Gasteiger partial charge in [-0.25, -0.2) is 4.39 Å². The second kappa shape index (κ2) is 8.52. The molecule has 0 aliphatic carbocycles. The van der Waals surface area contributed by atoms with E-state index in [1.165, 1.54) is 56.2 Å². The van der Waals surface area contributed by atoms with E-state index < -0.39 is 5.82 Å². The summed E-state index contributed by atoms with van der Waals surface area (Å²) in [5, 5.41) is 9.21. The number of hydrogen-bond donors (Lipinski definition) is 1. The monoisotopic (exact) mass is 301 g/mol. The fourth-order valence-corrected chi connectivity index (χ4v) is 2.52. The standard InChI is InChI=1S/C19H24FNO/c1-2-3-4-5-6-7-8-15-9-11-18(21-14-15)16-10-12-19(22)17(20)13-16/h9-14,22H,2-8H2,1H3. The molecule has 0 aliphatic rings. The predicted molar refractivity (Wildman–Crippen MR) is 88.4 cm³/mol. The molecule has 2 nitrogen and oxygen atoms in total. The summed E-state index contributed by atoms with van der Waals surface area (Å²) in [6, 6.07) is 8.31. The average molecular weight is 301 g/mol. The minimum atomic E-state index is -0.615. The summed E-state index contributed by atoms with van der Waals surface area (Å²) in [7, 11) is 0. The van der Waals surface area contributed by atoms with Crippen molar-refractivity contribution < 1.29 is 9.50 Å². The van der Waals surface area contributed by atoms with Gasteiger partial charge in [0.25, 0.3) is 0 Å². The Labute approximate surface area is 132 Å². The summed E-state index contributed by atoms with van der Waals surface area (Å²) in [6.07, 6.45) is 10.6. The third-order valence-corrected chi connectivity index (χ3v) is 3.89. The Morgan fingerprint density at radius 3 is 2.45 bits per heavy atom. The lowest BCUT2D eigenvalue weighted by Gasteiger charge is -2.05. The van der Waals surface area contributed by atoms with Crippen LogP contribution in [0.1, 0.15) is 51.0 Å². The number of phenolic OH excluding ortho intramolecular Hbond substituents is 1. The maximum absolute atomic E-state index is 13.4. The number of rotatable bonds is 8. The van der Waals surface area contributed by atoms with Gasteiger partial charge in [-0.1, -0.05) is 45.1 Å². The van der Waals surface area contributed by atoms with Gasteiger partial charge >= 0.3 is 0 Å². The van der Waals surface area contributed by atoms with E-state index in [1.807, 2.05) is 12.3 Å². The van der Waals surface area contributed by atoms with Crippen LogP contribution in [0.25, 0.3) is 11.3 Å². The summed E-state index contributed by atoms with van der Waals surface area (Å²) in [5.74, 6) is -0.945. The Morgan fingerprint density at radius 1 is 1.00 bits per heavy atom. The molecular formula is C19H24FNO. The van der Waals surface area contributed by atoms with Crippen molar-refractivity contribution in [2.24, 2.45) is 0 Å². The number of halogens is 1. The third-order valence-electron chi connectivity index (χ3n) is 3.89. The van der Waals surface area contributed by atoms with Gasteiger partial charge in [-0.15, -0.1) is 0 Å². The van der Waals surface area contributed by atoms with Gasteiger partial charge < -0.3 is 5.11 Å². The van der Waals surface area contributed by atoms with Crippen molar-refractivity contribution in [3.63, 3.8) is 0 Å². The molecule has 0 spiro atoms. The normalized spacial score (nSPS) is 10.8. The highest BCUT2D eigenvalue weighted by Gasteiger charge is 2.05. The Balaban J connectivity index is 1.86. The van der Waals surface area contributed by atoms with Gasteiger partial charge in [0.1, 0.15) is 0 Å². The lowest BCUT2D eigenvalue weighted by Crippen LogP contribution is -1.90. The predicted octanol–water partition coefficient (Wildman–Crippen LogP) is 5.50. The first kappa shape index (κ1) is 16.5. The van der Waals surface area contributed by atoms with Crippen LogP contribution in [0.4, 0.5) is 4.39 Å². The van der Waals surface area contributed by atoms with Crippen LogP contribution in [0.15, 0.2) is 36.5 Å². The van der Waals surface area contributed by atoms with Gasteiger partial charge in [0.05, 0.1) is 5.69 Å². The van der Waals surface area contributed by atoms with Crippen molar-refractivity contribution in [3.8, 4) is 17.0 Å². The van der Waals surface area contributed by atoms with E-state index in [9.17, 15) is 9.50 Å². The van der Waals surface area contributed by atoms with Gasteiger partial charge in [0.2, 0.25) is 0 Å². The van der Waals surface area contributed by atoms with Crippen LogP contribution in [-0.2, 0) is 6.42 Å². The molecule has 0 atom stereocenters. The molecular weight excluding hydrogens is 277 g/mol. The van der Waals surface area contributed by atoms with Crippen LogP contribution >= 0.6 is 0 Å². The maximum Gasteiger partial charge on any atom is 0.165 e. The summed E-state index contributed by atoms with van der Waals surface area (Å²) >= 11 is 0. The SMILES string of the molecule is CCCCCCCCc1ccc(-c2ccc(O)c(F)c2)nc1. The first-order chi connectivity index (χ1) is 10.7. The van der Waals surface area contributed by atoms with Crippen LogP contribution in [0.5, 0.6) is 5.75 Å². The lowest BCUT2D eigenvalue weighted by atomic mass is 10.0. The smallest absolute Gasteiger partial charge is 0.165 e. The van der Waals surface area contributed by atoms with Gasteiger partial charge in [-0.05, 0) is 42.7 Å². The fraction of sp³-hybridized carbons (Fsp3) is 0.421. The van der Waals surface area contributed by atoms with E-state index >= 15 is 0 Å². The van der Waals surface area contributed by atoms with Crippen molar-refractivity contribution in [1.82, 2.24) is 4.98 Å². The number of phenols is 1. The van der Waals surface area contributed by atoms with E-state index in [4.69, 9.17) is 0 Å². The molecule has 0 saturated heterocycles. The van der Waals surface area contributed by atoms with Gasteiger partial charge in [-0.3, -0.25) is 4.98 Å². The van der Waals surface area contributed by atoms with Crippen molar-refractivity contribution >= 4 is 0 Å². The largest absolute Gasteiger partial charge is 0.505 e. The summed E-state index contributed by atoms with van der Waals surface area (Å²) < 4.78 is 13.4. The number of hydrogen-bond acceptors (Lipinski definition) is 2. The Bertz CT molecular complexity index is 580. The van der Waals surface area contributed by atoms with Crippen LogP contribution in [-0.4, -0.2) is 10.1 Å². The van der Waals surface area contributed by atoms with Gasteiger partial charge in [-0.2, -0.15) is 0 Å². The van der Waals surface area contributed by atoms with Crippen LogP contribution in [0.2, 0.25) is 0 Å². The highest BCUT2D eigenvalue weighted by Crippen LogP contribution is 2.23. The van der Waals surface area contributed by atoms with E-state index in [1.54, 1.807) is 6.07 Å². The van der Waals surface area contributed by atoms with Crippen molar-refractivity contribution in [1.29, 1.82) is 0 Å². The molecule has 118 valence electrons.